The fraction of sp³-hybridized carbons (Fsp3) is 0.727. The normalized spacial score (nSPS) is 14.8. The Labute approximate surface area is 199 Å². The van der Waals surface area contributed by atoms with Crippen molar-refractivity contribution in [2.45, 2.75) is 78.2 Å². The number of aliphatic hydroxyl groups is 4. The van der Waals surface area contributed by atoms with Crippen molar-refractivity contribution >= 4 is 17.2 Å². The Hall–Kier alpha value is -0.280. The van der Waals surface area contributed by atoms with Gasteiger partial charge in [-0.3, -0.25) is 0 Å². The van der Waals surface area contributed by atoms with Crippen LogP contribution >= 0.6 is 17.2 Å². The third kappa shape index (κ3) is 8.13. The fourth-order valence-corrected chi connectivity index (χ4v) is 4.36. The molecule has 0 saturated heterocycles. The first kappa shape index (κ1) is 32.7. The summed E-state index contributed by atoms with van der Waals surface area (Å²) in [7, 11) is -5.22. The van der Waals surface area contributed by atoms with Gasteiger partial charge < -0.3 is 40.0 Å². The molecule has 1 atom stereocenters. The molecule has 0 aliphatic carbocycles. The lowest BCUT2D eigenvalue weighted by Gasteiger charge is -2.48. The molecule has 1 aromatic rings. The molecular weight excluding hydrogens is 470 g/mol. The number of aryl methyl sites for hydroxylation is 1. The van der Waals surface area contributed by atoms with Gasteiger partial charge in [0.25, 0.3) is 0 Å². The Bertz CT molecular complexity index is 689. The molecule has 9 nitrogen and oxygen atoms in total. The topological polar surface area (TPSA) is 171 Å². The van der Waals surface area contributed by atoms with E-state index in [4.69, 9.17) is 19.6 Å². The zero-order valence-electron chi connectivity index (χ0n) is 20.9. The highest BCUT2D eigenvalue weighted by Gasteiger charge is 2.52. The highest BCUT2D eigenvalue weighted by Crippen LogP contribution is 2.49. The van der Waals surface area contributed by atoms with Crippen LogP contribution in [0.3, 0.4) is 0 Å². The van der Waals surface area contributed by atoms with Crippen LogP contribution in [0.15, 0.2) is 12.1 Å². The van der Waals surface area contributed by atoms with Crippen LogP contribution in [0.4, 0.5) is 0 Å². The third-order valence-electron chi connectivity index (χ3n) is 5.76. The van der Waals surface area contributed by atoms with Gasteiger partial charge in [-0.25, -0.2) is 4.31 Å². The Kier molecular flexibility index (Phi) is 12.5. The predicted molar refractivity (Wildman–Crippen MR) is 130 cm³/mol. The molecule has 0 bridgehead atoms. The van der Waals surface area contributed by atoms with Crippen LogP contribution < -0.4 is 0 Å². The first-order valence-corrected chi connectivity index (χ1v) is 12.9. The van der Waals surface area contributed by atoms with Crippen LogP contribution in [0.25, 0.3) is 0 Å². The maximum Gasteiger partial charge on any atom is 0.334 e. The second kappa shape index (κ2) is 12.6. The summed E-state index contributed by atoms with van der Waals surface area (Å²) in [5.41, 5.74) is 0.277. The molecule has 0 spiro atoms. The Balaban J connectivity index is 0.00000126. The summed E-state index contributed by atoms with van der Waals surface area (Å²) in [5.74, 6) is 0. The van der Waals surface area contributed by atoms with Crippen molar-refractivity contribution < 1.29 is 44.3 Å². The molecule has 0 saturated carbocycles. The van der Waals surface area contributed by atoms with E-state index in [2.05, 4.69) is 58.0 Å². The molecule has 0 heterocycles. The van der Waals surface area contributed by atoms with Gasteiger partial charge in [-0.2, -0.15) is 0 Å². The Morgan fingerprint density at radius 1 is 0.758 bits per heavy atom. The maximum absolute atomic E-state index is 11.9. The van der Waals surface area contributed by atoms with Gasteiger partial charge in [0.15, 0.2) is 0 Å². The minimum Gasteiger partial charge on any atom is -0.395 e. The van der Waals surface area contributed by atoms with Crippen molar-refractivity contribution in [2.75, 3.05) is 19.8 Å². The summed E-state index contributed by atoms with van der Waals surface area (Å²) in [5, 5.41) is 42.1. The average Bonchev–Trinajstić information content (AvgIpc) is 2.66. The molecule has 1 rings (SSSR count). The van der Waals surface area contributed by atoms with E-state index in [-0.39, 0.29) is 17.3 Å². The molecule has 0 amide bonds. The van der Waals surface area contributed by atoms with Crippen molar-refractivity contribution in [3.63, 3.8) is 0 Å². The van der Waals surface area contributed by atoms with Crippen molar-refractivity contribution in [1.29, 1.82) is 0 Å². The summed E-state index contributed by atoms with van der Waals surface area (Å²) >= 11 is 0. The molecule has 1 unspecified atom stereocenters. The SMILES string of the molecule is CCC(O)(c1c(C(C)(C)C)cc(C)cc1C(C)(C)C)C(CO)(CO)CO.OP(O)OP(O)O. The summed E-state index contributed by atoms with van der Waals surface area (Å²) in [6.07, 6.45) is 0.268. The lowest BCUT2D eigenvalue weighted by atomic mass is 9.61. The first-order chi connectivity index (χ1) is 14.9. The van der Waals surface area contributed by atoms with E-state index in [1.54, 1.807) is 0 Å². The maximum atomic E-state index is 11.9. The van der Waals surface area contributed by atoms with Gasteiger partial charge in [-0.05, 0) is 40.9 Å². The van der Waals surface area contributed by atoms with Gasteiger partial charge in [-0.15, -0.1) is 0 Å². The van der Waals surface area contributed by atoms with E-state index in [9.17, 15) is 20.4 Å². The van der Waals surface area contributed by atoms with Crippen molar-refractivity contribution in [2.24, 2.45) is 5.41 Å². The second-order valence-electron chi connectivity index (χ2n) is 10.3. The number of aliphatic hydroxyl groups excluding tert-OH is 3. The van der Waals surface area contributed by atoms with Crippen molar-refractivity contribution in [1.82, 2.24) is 0 Å². The number of rotatable bonds is 8. The molecule has 33 heavy (non-hydrogen) atoms. The van der Waals surface area contributed by atoms with E-state index in [0.29, 0.717) is 0 Å². The van der Waals surface area contributed by atoms with Gasteiger partial charge in [-0.1, -0.05) is 66.2 Å². The molecule has 1 aromatic carbocycles. The largest absolute Gasteiger partial charge is 0.395 e. The minimum atomic E-state index is -2.61. The van der Waals surface area contributed by atoms with Crippen LogP contribution in [0, 0.1) is 12.3 Å². The minimum absolute atomic E-state index is 0.253. The van der Waals surface area contributed by atoms with E-state index in [1.807, 2.05) is 13.8 Å². The van der Waals surface area contributed by atoms with Gasteiger partial charge in [0.05, 0.1) is 25.2 Å². The molecule has 8 N–H and O–H groups in total. The zero-order valence-corrected chi connectivity index (χ0v) is 22.7. The fourth-order valence-electron chi connectivity index (χ4n) is 3.84. The monoisotopic (exact) mass is 512 g/mol. The van der Waals surface area contributed by atoms with Gasteiger partial charge in [0.1, 0.15) is 5.60 Å². The second-order valence-corrected chi connectivity index (χ2v) is 12.0. The van der Waals surface area contributed by atoms with Crippen LogP contribution in [0.2, 0.25) is 0 Å². The average molecular weight is 513 g/mol. The van der Waals surface area contributed by atoms with E-state index >= 15 is 0 Å². The summed E-state index contributed by atoms with van der Waals surface area (Å²) < 4.78 is 3.60. The number of benzene rings is 1. The standard InChI is InChI=1S/C22H38O4.H4O5P2/c1-9-22(26,21(12-23,13-24)14-25)18-16(19(3,4)5)10-15(2)11-17(18)20(6,7)8;1-6(2)5-7(3)4/h10-11,23-26H,9,12-14H2,1-8H3;1-4H. The molecule has 0 aliphatic heterocycles. The highest BCUT2D eigenvalue weighted by atomic mass is 31.2. The van der Waals surface area contributed by atoms with Crippen molar-refractivity contribution in [3.8, 4) is 0 Å². The summed E-state index contributed by atoms with van der Waals surface area (Å²) in [4.78, 5) is 31.3. The lowest BCUT2D eigenvalue weighted by Crippen LogP contribution is -2.54. The van der Waals surface area contributed by atoms with Crippen LogP contribution in [-0.2, 0) is 20.7 Å². The highest BCUT2D eigenvalue weighted by molar-refractivity contribution is 7.53. The molecular formula is C22H42O9P2. The molecule has 0 radical (unpaired) electrons. The number of hydrogen-bond acceptors (Lipinski definition) is 9. The molecule has 194 valence electrons. The van der Waals surface area contributed by atoms with Crippen LogP contribution in [-0.4, -0.2) is 59.8 Å². The molecule has 0 aliphatic rings. The zero-order chi connectivity index (χ0) is 26.4. The predicted octanol–water partition coefficient (Wildman–Crippen LogP) is 2.58. The van der Waals surface area contributed by atoms with E-state index < -0.39 is 48.0 Å². The van der Waals surface area contributed by atoms with Crippen LogP contribution in [0.1, 0.15) is 77.1 Å². The third-order valence-corrected chi connectivity index (χ3v) is 6.92. The first-order valence-electron chi connectivity index (χ1n) is 10.6. The lowest BCUT2D eigenvalue weighted by molar-refractivity contribution is -0.162. The van der Waals surface area contributed by atoms with Gasteiger partial charge in [0.2, 0.25) is 0 Å². The summed E-state index contributed by atoms with van der Waals surface area (Å²) in [6.45, 7) is 14.9. The van der Waals surface area contributed by atoms with E-state index in [0.717, 1.165) is 22.3 Å². The van der Waals surface area contributed by atoms with Gasteiger partial charge >= 0.3 is 17.2 Å². The molecule has 11 heteroatoms. The number of hydrogen-bond donors (Lipinski definition) is 8. The van der Waals surface area contributed by atoms with Crippen molar-refractivity contribution in [3.05, 3.63) is 34.4 Å². The molecule has 0 aromatic heterocycles. The van der Waals surface area contributed by atoms with Gasteiger partial charge in [0, 0.05) is 0 Å². The summed E-state index contributed by atoms with van der Waals surface area (Å²) in [6, 6.07) is 4.14. The quantitative estimate of drug-likeness (QED) is 0.244. The molecule has 0 fully saturated rings. The van der Waals surface area contributed by atoms with E-state index in [1.165, 1.54) is 0 Å². The Morgan fingerprint density at radius 2 is 1.09 bits per heavy atom. The Morgan fingerprint density at radius 3 is 1.27 bits per heavy atom. The van der Waals surface area contributed by atoms with Crippen LogP contribution in [0.5, 0.6) is 0 Å². The smallest absolute Gasteiger partial charge is 0.334 e.